The first-order valence-electron chi connectivity index (χ1n) is 8.33. The average molecular weight is 351 g/mol. The van der Waals surface area contributed by atoms with E-state index in [0.29, 0.717) is 29.2 Å². The van der Waals surface area contributed by atoms with E-state index in [1.54, 1.807) is 25.1 Å². The van der Waals surface area contributed by atoms with Crippen molar-refractivity contribution in [2.75, 3.05) is 11.4 Å². The minimum absolute atomic E-state index is 0.0435. The zero-order valence-electron chi connectivity index (χ0n) is 14.3. The standard InChI is InChI=1S/C20H18FN3O2/c1-12-9-14(10-22)7-8-15(12)20(26)24(11-13-5-6-13)17-4-2-3-16(18(17)21)19(23)25/h2-4,7-9,13H,5-6,11H2,1H3,(H2,23,25). The van der Waals surface area contributed by atoms with Crippen LogP contribution in [0.25, 0.3) is 0 Å². The largest absolute Gasteiger partial charge is 0.366 e. The quantitative estimate of drug-likeness (QED) is 0.897. The lowest BCUT2D eigenvalue weighted by Gasteiger charge is -2.25. The Kier molecular flexibility index (Phi) is 4.72. The van der Waals surface area contributed by atoms with E-state index in [1.165, 1.54) is 23.1 Å². The van der Waals surface area contributed by atoms with Crippen LogP contribution in [0.2, 0.25) is 0 Å². The van der Waals surface area contributed by atoms with Crippen molar-refractivity contribution in [2.45, 2.75) is 19.8 Å². The average Bonchev–Trinajstić information content (AvgIpc) is 3.43. The Morgan fingerprint density at radius 3 is 2.58 bits per heavy atom. The molecule has 0 bridgehead atoms. The van der Waals surface area contributed by atoms with Gasteiger partial charge in [0.25, 0.3) is 11.8 Å². The number of aryl methyl sites for hydroxylation is 1. The Morgan fingerprint density at radius 2 is 2.00 bits per heavy atom. The third-order valence-electron chi connectivity index (χ3n) is 4.50. The van der Waals surface area contributed by atoms with Crippen LogP contribution in [-0.4, -0.2) is 18.4 Å². The van der Waals surface area contributed by atoms with Crippen molar-refractivity contribution in [1.29, 1.82) is 5.26 Å². The Labute approximate surface area is 150 Å². The first-order valence-corrected chi connectivity index (χ1v) is 8.33. The summed E-state index contributed by atoms with van der Waals surface area (Å²) in [6, 6.07) is 11.1. The maximum atomic E-state index is 14.8. The van der Waals surface area contributed by atoms with Crippen molar-refractivity contribution >= 4 is 17.5 Å². The summed E-state index contributed by atoms with van der Waals surface area (Å²) >= 11 is 0. The molecule has 1 aliphatic rings. The monoisotopic (exact) mass is 351 g/mol. The lowest BCUT2D eigenvalue weighted by molar-refractivity contribution is 0.0976. The molecule has 6 heteroatoms. The summed E-state index contributed by atoms with van der Waals surface area (Å²) < 4.78 is 14.8. The second kappa shape index (κ2) is 6.96. The van der Waals surface area contributed by atoms with Gasteiger partial charge in [-0.25, -0.2) is 4.39 Å². The molecule has 2 amide bonds. The number of halogens is 1. The predicted octanol–water partition coefficient (Wildman–Crippen LogP) is 3.16. The summed E-state index contributed by atoms with van der Waals surface area (Å²) in [6.45, 7) is 2.11. The van der Waals surface area contributed by atoms with Crippen molar-refractivity contribution in [3.8, 4) is 6.07 Å². The third-order valence-corrected chi connectivity index (χ3v) is 4.50. The summed E-state index contributed by atoms with van der Waals surface area (Å²) in [4.78, 5) is 25.9. The maximum Gasteiger partial charge on any atom is 0.258 e. The Morgan fingerprint density at radius 1 is 1.27 bits per heavy atom. The Bertz CT molecular complexity index is 929. The lowest BCUT2D eigenvalue weighted by atomic mass is 10.0. The molecule has 1 aliphatic carbocycles. The molecule has 2 N–H and O–H groups in total. The molecule has 2 aromatic rings. The second-order valence-corrected chi connectivity index (χ2v) is 6.50. The van der Waals surface area contributed by atoms with Gasteiger partial charge in [-0.15, -0.1) is 0 Å². The Hall–Kier alpha value is -3.20. The molecule has 1 saturated carbocycles. The van der Waals surface area contributed by atoms with Crippen LogP contribution in [0.1, 0.15) is 44.7 Å². The maximum absolute atomic E-state index is 14.8. The molecule has 0 spiro atoms. The SMILES string of the molecule is Cc1cc(C#N)ccc1C(=O)N(CC1CC1)c1cccc(C(N)=O)c1F. The Balaban J connectivity index is 2.04. The molecule has 0 atom stereocenters. The number of amides is 2. The molecule has 132 valence electrons. The number of rotatable bonds is 5. The van der Waals surface area contributed by atoms with Crippen LogP contribution in [0, 0.1) is 30.0 Å². The number of primary amides is 1. The van der Waals surface area contributed by atoms with Gasteiger partial charge < -0.3 is 10.6 Å². The summed E-state index contributed by atoms with van der Waals surface area (Å²) in [5.74, 6) is -1.72. The summed E-state index contributed by atoms with van der Waals surface area (Å²) in [7, 11) is 0. The fourth-order valence-electron chi connectivity index (χ4n) is 2.89. The van der Waals surface area contributed by atoms with Gasteiger partial charge in [0.1, 0.15) is 0 Å². The highest BCUT2D eigenvalue weighted by Gasteiger charge is 2.31. The molecular formula is C20H18FN3O2. The van der Waals surface area contributed by atoms with Crippen LogP contribution in [0.15, 0.2) is 36.4 Å². The van der Waals surface area contributed by atoms with Gasteiger partial charge in [0.15, 0.2) is 5.82 Å². The highest BCUT2D eigenvalue weighted by atomic mass is 19.1. The molecule has 5 nitrogen and oxygen atoms in total. The van der Waals surface area contributed by atoms with Crippen LogP contribution < -0.4 is 10.6 Å². The van der Waals surface area contributed by atoms with Crippen LogP contribution in [0.5, 0.6) is 0 Å². The van der Waals surface area contributed by atoms with Crippen LogP contribution >= 0.6 is 0 Å². The predicted molar refractivity (Wildman–Crippen MR) is 95.2 cm³/mol. The molecule has 0 heterocycles. The smallest absolute Gasteiger partial charge is 0.258 e. The van der Waals surface area contributed by atoms with E-state index < -0.39 is 11.7 Å². The second-order valence-electron chi connectivity index (χ2n) is 6.50. The first kappa shape index (κ1) is 17.6. The van der Waals surface area contributed by atoms with E-state index in [1.807, 2.05) is 6.07 Å². The number of nitriles is 1. The van der Waals surface area contributed by atoms with Crippen LogP contribution in [-0.2, 0) is 0 Å². The minimum atomic E-state index is -0.877. The van der Waals surface area contributed by atoms with Gasteiger partial charge in [-0.1, -0.05) is 6.07 Å². The van der Waals surface area contributed by atoms with Gasteiger partial charge in [0, 0.05) is 12.1 Å². The summed E-state index contributed by atoms with van der Waals surface area (Å²) in [6.07, 6.45) is 1.96. The van der Waals surface area contributed by atoms with Gasteiger partial charge >= 0.3 is 0 Å². The van der Waals surface area contributed by atoms with Gasteiger partial charge in [0.2, 0.25) is 0 Å². The molecule has 26 heavy (non-hydrogen) atoms. The van der Waals surface area contributed by atoms with Crippen molar-refractivity contribution in [3.05, 3.63) is 64.5 Å². The van der Waals surface area contributed by atoms with Gasteiger partial charge in [-0.05, 0) is 61.6 Å². The van der Waals surface area contributed by atoms with Crippen molar-refractivity contribution in [3.63, 3.8) is 0 Å². The molecule has 0 aromatic heterocycles. The first-order chi connectivity index (χ1) is 12.4. The van der Waals surface area contributed by atoms with E-state index in [2.05, 4.69) is 0 Å². The third kappa shape index (κ3) is 3.42. The highest BCUT2D eigenvalue weighted by molar-refractivity contribution is 6.08. The number of benzene rings is 2. The normalized spacial score (nSPS) is 13.1. The number of carbonyl (C=O) groups excluding carboxylic acids is 2. The van der Waals surface area contributed by atoms with E-state index in [9.17, 15) is 14.0 Å². The lowest BCUT2D eigenvalue weighted by Crippen LogP contribution is -2.34. The van der Waals surface area contributed by atoms with E-state index in [4.69, 9.17) is 11.0 Å². The molecule has 0 unspecified atom stereocenters. The fourth-order valence-corrected chi connectivity index (χ4v) is 2.89. The fraction of sp³-hybridized carbons (Fsp3) is 0.250. The highest BCUT2D eigenvalue weighted by Crippen LogP contribution is 2.34. The number of nitrogens with zero attached hydrogens (tertiary/aromatic N) is 2. The van der Waals surface area contributed by atoms with Crippen molar-refractivity contribution < 1.29 is 14.0 Å². The summed E-state index contributed by atoms with van der Waals surface area (Å²) in [5, 5.41) is 8.99. The number of hydrogen-bond donors (Lipinski definition) is 1. The number of nitrogens with two attached hydrogens (primary N) is 1. The number of anilines is 1. The van der Waals surface area contributed by atoms with E-state index in [0.717, 1.165) is 12.8 Å². The molecule has 0 radical (unpaired) electrons. The minimum Gasteiger partial charge on any atom is -0.366 e. The molecule has 2 aromatic carbocycles. The van der Waals surface area contributed by atoms with Crippen LogP contribution in [0.3, 0.4) is 0 Å². The van der Waals surface area contributed by atoms with Gasteiger partial charge in [-0.3, -0.25) is 9.59 Å². The zero-order chi connectivity index (χ0) is 18.8. The molecule has 3 rings (SSSR count). The van der Waals surface area contributed by atoms with E-state index in [-0.39, 0.29) is 17.2 Å². The molecular weight excluding hydrogens is 333 g/mol. The topological polar surface area (TPSA) is 87.2 Å². The van der Waals surface area contributed by atoms with Gasteiger partial charge in [-0.2, -0.15) is 5.26 Å². The molecule has 0 saturated heterocycles. The number of hydrogen-bond acceptors (Lipinski definition) is 3. The van der Waals surface area contributed by atoms with Gasteiger partial charge in [0.05, 0.1) is 22.9 Å². The van der Waals surface area contributed by atoms with Crippen molar-refractivity contribution in [2.24, 2.45) is 11.7 Å². The van der Waals surface area contributed by atoms with Crippen molar-refractivity contribution in [1.82, 2.24) is 0 Å². The number of carbonyl (C=O) groups is 2. The molecule has 0 aliphatic heterocycles. The van der Waals surface area contributed by atoms with E-state index >= 15 is 0 Å². The zero-order valence-corrected chi connectivity index (χ0v) is 14.3. The van der Waals surface area contributed by atoms with Crippen LogP contribution in [0.4, 0.5) is 10.1 Å². The summed E-state index contributed by atoms with van der Waals surface area (Å²) in [5.41, 5.74) is 6.52. The molecule has 1 fully saturated rings.